The van der Waals surface area contributed by atoms with Gasteiger partial charge in [0.25, 0.3) is 5.56 Å². The molecule has 3 heterocycles. The number of furan rings is 1. The lowest BCUT2D eigenvalue weighted by Gasteiger charge is -2.11. The van der Waals surface area contributed by atoms with Crippen molar-refractivity contribution < 1.29 is 13.9 Å². The molecule has 5 aromatic rings. The number of carbonyl (C=O) groups excluding carboxylic acids is 1. The quantitative estimate of drug-likeness (QED) is 0.271. The molecule has 0 fully saturated rings. The Hall–Kier alpha value is -3.30. The van der Waals surface area contributed by atoms with Crippen LogP contribution in [0.1, 0.15) is 16.9 Å². The van der Waals surface area contributed by atoms with E-state index in [0.29, 0.717) is 22.2 Å². The fourth-order valence-corrected chi connectivity index (χ4v) is 6.64. The summed E-state index contributed by atoms with van der Waals surface area (Å²) >= 11 is 2.85. The summed E-state index contributed by atoms with van der Waals surface area (Å²) in [7, 11) is 3.29. The Bertz CT molecular complexity index is 1660. The number of hydrogen-bond donors (Lipinski definition) is 1. The van der Waals surface area contributed by atoms with Crippen molar-refractivity contribution in [3.8, 4) is 5.75 Å². The number of fused-ring (bicyclic) bond motifs is 6. The Morgan fingerprint density at radius 1 is 1.24 bits per heavy atom. The van der Waals surface area contributed by atoms with Gasteiger partial charge in [0.2, 0.25) is 5.91 Å². The molecule has 0 radical (unpaired) electrons. The average Bonchev–Trinajstić information content (AvgIpc) is 3.52. The lowest BCUT2D eigenvalue weighted by Crippen LogP contribution is -2.21. The highest BCUT2D eigenvalue weighted by Crippen LogP contribution is 2.37. The van der Waals surface area contributed by atoms with Gasteiger partial charge in [-0.1, -0.05) is 30.0 Å². The fourth-order valence-electron chi connectivity index (χ4n) is 4.57. The molecule has 6 rings (SSSR count). The number of ether oxygens (including phenoxy) is 1. The van der Waals surface area contributed by atoms with Gasteiger partial charge >= 0.3 is 0 Å². The number of aryl methyl sites for hydroxylation is 2. The Kier molecular flexibility index (Phi) is 5.11. The van der Waals surface area contributed by atoms with E-state index >= 15 is 0 Å². The van der Waals surface area contributed by atoms with Crippen LogP contribution in [0, 0.1) is 0 Å². The van der Waals surface area contributed by atoms with Crippen LogP contribution >= 0.6 is 23.1 Å². The van der Waals surface area contributed by atoms with Crippen molar-refractivity contribution in [2.24, 2.45) is 7.05 Å². The Labute approximate surface area is 202 Å². The number of aromatic nitrogens is 2. The zero-order chi connectivity index (χ0) is 23.4. The zero-order valence-corrected chi connectivity index (χ0v) is 20.3. The van der Waals surface area contributed by atoms with Crippen LogP contribution in [0.15, 0.2) is 50.8 Å². The molecular weight excluding hydrogens is 470 g/mol. The number of carbonyl (C=O) groups is 1. The minimum atomic E-state index is -0.221. The second-order valence-electron chi connectivity index (χ2n) is 8.28. The molecule has 7 nitrogen and oxygen atoms in total. The van der Waals surface area contributed by atoms with Crippen LogP contribution in [-0.4, -0.2) is 28.3 Å². The molecule has 2 aromatic carbocycles. The van der Waals surface area contributed by atoms with Crippen molar-refractivity contribution in [3.05, 3.63) is 57.2 Å². The smallest absolute Gasteiger partial charge is 0.262 e. The third-order valence-electron chi connectivity index (χ3n) is 6.21. The summed E-state index contributed by atoms with van der Waals surface area (Å²) < 4.78 is 13.0. The maximum Gasteiger partial charge on any atom is 0.262 e. The van der Waals surface area contributed by atoms with E-state index in [2.05, 4.69) is 5.32 Å². The molecule has 3 aromatic heterocycles. The fraction of sp³-hybridized carbons (Fsp3) is 0.240. The molecule has 0 saturated heterocycles. The second kappa shape index (κ2) is 8.18. The number of nitrogens with zero attached hydrogens (tertiary/aromatic N) is 2. The highest BCUT2D eigenvalue weighted by Gasteiger charge is 2.23. The molecule has 1 aliphatic rings. The van der Waals surface area contributed by atoms with Crippen molar-refractivity contribution in [1.82, 2.24) is 9.55 Å². The standard InChI is InChI=1S/C25H21N3O4S2/c1-28-24(30)22-14-7-5-9-20(14)34-23(22)27-25(28)33-12-21(29)26-16-11-18-15(10-19(16)31-2)13-6-3-4-8-17(13)32-18/h3-4,6,8,10-11H,5,7,9,12H2,1-2H3,(H,26,29). The summed E-state index contributed by atoms with van der Waals surface area (Å²) in [6.45, 7) is 0. The van der Waals surface area contributed by atoms with Crippen LogP contribution in [0.5, 0.6) is 5.75 Å². The molecule has 0 aliphatic heterocycles. The van der Waals surface area contributed by atoms with Gasteiger partial charge in [0.05, 0.1) is 23.9 Å². The third-order valence-corrected chi connectivity index (χ3v) is 8.43. The van der Waals surface area contributed by atoms with Crippen LogP contribution in [-0.2, 0) is 24.7 Å². The highest BCUT2D eigenvalue weighted by atomic mass is 32.2. The van der Waals surface area contributed by atoms with Gasteiger partial charge in [0.1, 0.15) is 21.7 Å². The highest BCUT2D eigenvalue weighted by molar-refractivity contribution is 7.99. The second-order valence-corrected chi connectivity index (χ2v) is 10.3. The van der Waals surface area contributed by atoms with Gasteiger partial charge < -0.3 is 14.5 Å². The maximum atomic E-state index is 13.0. The first-order valence-corrected chi connectivity index (χ1v) is 12.8. The first-order valence-electron chi connectivity index (χ1n) is 11.0. The van der Waals surface area contributed by atoms with Crippen LogP contribution < -0.4 is 15.6 Å². The van der Waals surface area contributed by atoms with Gasteiger partial charge in [-0.3, -0.25) is 14.2 Å². The monoisotopic (exact) mass is 491 g/mol. The van der Waals surface area contributed by atoms with E-state index in [1.165, 1.54) is 16.6 Å². The third kappa shape index (κ3) is 3.38. The Balaban J connectivity index is 1.25. The van der Waals surface area contributed by atoms with Crippen molar-refractivity contribution in [3.63, 3.8) is 0 Å². The number of nitrogens with one attached hydrogen (secondary N) is 1. The number of anilines is 1. The molecule has 0 spiro atoms. The molecule has 34 heavy (non-hydrogen) atoms. The number of benzene rings is 2. The molecular formula is C25H21N3O4S2. The van der Waals surface area contributed by atoms with Crippen molar-refractivity contribution in [2.45, 2.75) is 24.4 Å². The molecule has 0 bridgehead atoms. The lowest BCUT2D eigenvalue weighted by molar-refractivity contribution is -0.113. The number of rotatable bonds is 5. The first kappa shape index (κ1) is 21.2. The predicted molar refractivity (Wildman–Crippen MR) is 137 cm³/mol. The van der Waals surface area contributed by atoms with Crippen LogP contribution in [0.2, 0.25) is 0 Å². The first-order chi connectivity index (χ1) is 16.5. The van der Waals surface area contributed by atoms with Crippen LogP contribution in [0.4, 0.5) is 5.69 Å². The Morgan fingerprint density at radius 3 is 2.94 bits per heavy atom. The normalized spacial score (nSPS) is 13.1. The van der Waals surface area contributed by atoms with Gasteiger partial charge in [-0.15, -0.1) is 11.3 Å². The SMILES string of the molecule is COc1cc2c(cc1NC(=O)CSc1nc3sc4c(c3c(=O)n1C)CCC4)oc1ccccc12. The van der Waals surface area contributed by atoms with Gasteiger partial charge in [-0.2, -0.15) is 0 Å². The summed E-state index contributed by atoms with van der Waals surface area (Å²) in [5.74, 6) is 0.442. The molecule has 0 unspecified atom stereocenters. The minimum absolute atomic E-state index is 0.0377. The van der Waals surface area contributed by atoms with E-state index in [-0.39, 0.29) is 17.2 Å². The van der Waals surface area contributed by atoms with E-state index in [0.717, 1.165) is 51.4 Å². The lowest BCUT2D eigenvalue weighted by atomic mass is 10.1. The van der Waals surface area contributed by atoms with E-state index in [4.69, 9.17) is 14.1 Å². The summed E-state index contributed by atoms with van der Waals surface area (Å²) in [6, 6.07) is 11.4. The number of thioether (sulfide) groups is 1. The van der Waals surface area contributed by atoms with Crippen molar-refractivity contribution in [2.75, 3.05) is 18.2 Å². The van der Waals surface area contributed by atoms with Crippen LogP contribution in [0.25, 0.3) is 32.2 Å². The van der Waals surface area contributed by atoms with Gasteiger partial charge in [0, 0.05) is 28.8 Å². The van der Waals surface area contributed by atoms with E-state index in [9.17, 15) is 9.59 Å². The van der Waals surface area contributed by atoms with Crippen molar-refractivity contribution in [1.29, 1.82) is 0 Å². The number of hydrogen-bond acceptors (Lipinski definition) is 7. The topological polar surface area (TPSA) is 86.4 Å². The largest absolute Gasteiger partial charge is 0.495 e. The van der Waals surface area contributed by atoms with Crippen LogP contribution in [0.3, 0.4) is 0 Å². The van der Waals surface area contributed by atoms with Gasteiger partial charge in [0.15, 0.2) is 5.16 Å². The number of methoxy groups -OCH3 is 1. The number of amides is 1. The number of thiophene rings is 1. The molecule has 1 amide bonds. The predicted octanol–water partition coefficient (Wildman–Crippen LogP) is 5.12. The summed E-state index contributed by atoms with van der Waals surface area (Å²) in [4.78, 5) is 32.5. The van der Waals surface area contributed by atoms with E-state index in [1.807, 2.05) is 30.3 Å². The van der Waals surface area contributed by atoms with Gasteiger partial charge in [-0.05, 0) is 37.0 Å². The Morgan fingerprint density at radius 2 is 2.09 bits per heavy atom. The summed E-state index contributed by atoms with van der Waals surface area (Å²) in [5, 5.41) is 6.11. The minimum Gasteiger partial charge on any atom is -0.495 e. The molecule has 0 saturated carbocycles. The maximum absolute atomic E-state index is 13.0. The summed E-state index contributed by atoms with van der Waals surface area (Å²) in [5.41, 5.74) is 3.11. The zero-order valence-electron chi connectivity index (χ0n) is 18.6. The van der Waals surface area contributed by atoms with Gasteiger partial charge in [-0.25, -0.2) is 4.98 Å². The van der Waals surface area contributed by atoms with Crippen molar-refractivity contribution >= 4 is 66.8 Å². The molecule has 172 valence electrons. The molecule has 0 atom stereocenters. The van der Waals surface area contributed by atoms with E-state index < -0.39 is 0 Å². The molecule has 1 N–H and O–H groups in total. The molecule has 1 aliphatic carbocycles. The molecule has 9 heteroatoms. The summed E-state index contributed by atoms with van der Waals surface area (Å²) in [6.07, 6.45) is 3.06. The van der Waals surface area contributed by atoms with E-state index in [1.54, 1.807) is 36.1 Å². The number of para-hydroxylation sites is 1. The average molecular weight is 492 g/mol.